The number of hydrogen-bond acceptors (Lipinski definition) is 7. The minimum atomic E-state index is -4.38. The van der Waals surface area contributed by atoms with E-state index in [0.29, 0.717) is 54.5 Å². The van der Waals surface area contributed by atoms with Crippen molar-refractivity contribution in [3.8, 4) is 11.4 Å². The molecule has 4 saturated carbocycles. The van der Waals surface area contributed by atoms with Crippen LogP contribution in [0.2, 0.25) is 0 Å². The fraction of sp³-hybridized carbons (Fsp3) is 0.543. The van der Waals surface area contributed by atoms with Gasteiger partial charge in [-0.05, 0) is 100 Å². The summed E-state index contributed by atoms with van der Waals surface area (Å²) in [5.41, 5.74) is 0.0870. The molecule has 2 bridgehead atoms. The van der Waals surface area contributed by atoms with Crippen LogP contribution >= 0.6 is 0 Å². The van der Waals surface area contributed by atoms with Gasteiger partial charge in [0.15, 0.2) is 5.82 Å². The van der Waals surface area contributed by atoms with E-state index >= 15 is 0 Å². The number of benzene rings is 1. The molecule has 0 spiro atoms. The number of pyridine rings is 1. The number of fused-ring (bicyclic) bond motifs is 2. The van der Waals surface area contributed by atoms with Gasteiger partial charge in [0.25, 0.3) is 0 Å². The third-order valence-corrected chi connectivity index (χ3v) is 11.6. The first-order valence-electron chi connectivity index (χ1n) is 16.6. The number of aromatic nitrogens is 3. The van der Waals surface area contributed by atoms with Crippen LogP contribution < -0.4 is 5.32 Å². The van der Waals surface area contributed by atoms with E-state index in [1.807, 2.05) is 12.1 Å². The first kappa shape index (κ1) is 29.8. The Morgan fingerprint density at radius 1 is 0.913 bits per heavy atom. The highest BCUT2D eigenvalue weighted by Crippen LogP contribution is 2.58. The second-order valence-electron chi connectivity index (χ2n) is 14.2. The average molecular weight is 633 g/mol. The molecule has 9 rings (SSSR count). The Morgan fingerprint density at radius 2 is 1.67 bits per heavy atom. The summed E-state index contributed by atoms with van der Waals surface area (Å²) in [6.45, 7) is 1.72. The van der Waals surface area contributed by atoms with Gasteiger partial charge in [-0.25, -0.2) is 9.97 Å². The zero-order valence-corrected chi connectivity index (χ0v) is 25.7. The van der Waals surface area contributed by atoms with Crippen molar-refractivity contribution < 1.29 is 23.1 Å². The molecule has 6 aliphatic rings. The summed E-state index contributed by atoms with van der Waals surface area (Å²) in [5.74, 6) is 1.07. The molecule has 2 saturated heterocycles. The normalized spacial score (nSPS) is 33.9. The van der Waals surface area contributed by atoms with Crippen molar-refractivity contribution in [2.45, 2.75) is 93.2 Å². The molecule has 0 radical (unpaired) electrons. The van der Waals surface area contributed by atoms with Gasteiger partial charge in [0, 0.05) is 72.5 Å². The monoisotopic (exact) mass is 632 g/mol. The molecule has 3 aromatic rings. The van der Waals surface area contributed by atoms with Crippen LogP contribution in [0.15, 0.2) is 61.1 Å². The molecule has 6 fully saturated rings. The largest absolute Gasteiger partial charge is 0.416 e. The summed E-state index contributed by atoms with van der Waals surface area (Å²) in [7, 11) is 0. The fourth-order valence-corrected chi connectivity index (χ4v) is 9.38. The third-order valence-electron chi connectivity index (χ3n) is 11.6. The molecule has 2 aliphatic heterocycles. The highest BCUT2D eigenvalue weighted by Gasteiger charge is 2.60. The molecular formula is C35H39F3N6O2. The summed E-state index contributed by atoms with van der Waals surface area (Å²) in [4.78, 5) is 31.8. The van der Waals surface area contributed by atoms with Crippen molar-refractivity contribution in [3.63, 3.8) is 0 Å². The topological polar surface area (TPSA) is 94.5 Å². The van der Waals surface area contributed by atoms with Crippen LogP contribution in [0.1, 0.15) is 69.0 Å². The number of hydrogen-bond donors (Lipinski definition) is 2. The lowest BCUT2D eigenvalue weighted by atomic mass is 9.76. The lowest BCUT2D eigenvalue weighted by Crippen LogP contribution is -2.47. The van der Waals surface area contributed by atoms with Crippen molar-refractivity contribution in [2.75, 3.05) is 18.4 Å². The Labute approximate surface area is 266 Å². The average Bonchev–Trinajstić information content (AvgIpc) is 3.82. The number of halogens is 3. The molecule has 8 nitrogen and oxygen atoms in total. The Bertz CT molecular complexity index is 1590. The summed E-state index contributed by atoms with van der Waals surface area (Å²) in [6, 6.07) is 11.9. The maximum atomic E-state index is 13.9. The number of amides is 1. The minimum absolute atomic E-state index is 0.0665. The molecule has 4 heterocycles. The van der Waals surface area contributed by atoms with Crippen LogP contribution in [0.3, 0.4) is 0 Å². The van der Waals surface area contributed by atoms with Crippen molar-refractivity contribution in [1.29, 1.82) is 0 Å². The van der Waals surface area contributed by atoms with Gasteiger partial charge in [-0.3, -0.25) is 14.7 Å². The molecule has 242 valence electrons. The van der Waals surface area contributed by atoms with Gasteiger partial charge in [0.05, 0.1) is 11.3 Å². The maximum Gasteiger partial charge on any atom is 0.416 e. The molecule has 3 atom stereocenters. The Morgan fingerprint density at radius 3 is 2.39 bits per heavy atom. The summed E-state index contributed by atoms with van der Waals surface area (Å²) >= 11 is 0. The predicted molar refractivity (Wildman–Crippen MR) is 165 cm³/mol. The van der Waals surface area contributed by atoms with Gasteiger partial charge in [-0.1, -0.05) is 6.07 Å². The summed E-state index contributed by atoms with van der Waals surface area (Å²) in [6.07, 6.45) is 8.08. The van der Waals surface area contributed by atoms with Gasteiger partial charge in [-0.2, -0.15) is 13.2 Å². The van der Waals surface area contributed by atoms with Gasteiger partial charge in [0.2, 0.25) is 5.91 Å². The lowest BCUT2D eigenvalue weighted by molar-refractivity contribution is -0.138. The number of nitrogens with one attached hydrogen (secondary N) is 1. The Kier molecular flexibility index (Phi) is 7.13. The highest BCUT2D eigenvalue weighted by molar-refractivity contribution is 5.81. The second-order valence-corrected chi connectivity index (χ2v) is 14.2. The van der Waals surface area contributed by atoms with Gasteiger partial charge >= 0.3 is 6.18 Å². The quantitative estimate of drug-likeness (QED) is 0.363. The number of rotatable bonds is 6. The van der Waals surface area contributed by atoms with E-state index in [0.717, 1.165) is 63.2 Å². The highest BCUT2D eigenvalue weighted by atomic mass is 19.4. The van der Waals surface area contributed by atoms with Crippen molar-refractivity contribution in [3.05, 3.63) is 72.3 Å². The fourth-order valence-electron chi connectivity index (χ4n) is 9.38. The standard InChI is InChI=1S/C35H39F3N6O2/c36-35(37,38)24-3-1-4-25(17-24)42-33-18-23(19-33)27(20-33)32(45)44-16-10-28-29(44)9-15-43(28)26-7-11-34(46,12-8-26)30-6-5-22(21-41-30)31-39-13-2-14-40-31/h1-6,13-14,17,21,23,26-29,42,46H,7-12,15-16,18-20H2. The number of likely N-dealkylation sites (tertiary alicyclic amines) is 2. The molecule has 11 heteroatoms. The minimum Gasteiger partial charge on any atom is -0.384 e. The third kappa shape index (κ3) is 5.15. The van der Waals surface area contributed by atoms with Crippen LogP contribution in [0.4, 0.5) is 18.9 Å². The Hall–Kier alpha value is -3.57. The van der Waals surface area contributed by atoms with E-state index < -0.39 is 17.3 Å². The van der Waals surface area contributed by atoms with Crippen LogP contribution in [0.25, 0.3) is 11.4 Å². The van der Waals surface area contributed by atoms with Crippen LogP contribution in [-0.2, 0) is 16.6 Å². The first-order chi connectivity index (χ1) is 22.1. The van der Waals surface area contributed by atoms with Crippen molar-refractivity contribution >= 4 is 11.6 Å². The van der Waals surface area contributed by atoms with E-state index in [1.165, 1.54) is 12.1 Å². The maximum absolute atomic E-state index is 13.9. The molecule has 2 N–H and O–H groups in total. The molecule has 1 aromatic carbocycles. The van der Waals surface area contributed by atoms with Crippen LogP contribution in [0, 0.1) is 11.8 Å². The van der Waals surface area contributed by atoms with Gasteiger partial charge in [-0.15, -0.1) is 0 Å². The zero-order valence-electron chi connectivity index (χ0n) is 25.7. The lowest BCUT2D eigenvalue weighted by Gasteiger charge is -2.41. The van der Waals surface area contributed by atoms with E-state index in [4.69, 9.17) is 0 Å². The van der Waals surface area contributed by atoms with E-state index in [2.05, 4.69) is 30.1 Å². The Balaban J connectivity index is 0.869. The van der Waals surface area contributed by atoms with Gasteiger partial charge < -0.3 is 15.3 Å². The van der Waals surface area contributed by atoms with Gasteiger partial charge in [0.1, 0.15) is 5.60 Å². The summed E-state index contributed by atoms with van der Waals surface area (Å²) in [5, 5.41) is 14.9. The molecular weight excluding hydrogens is 593 g/mol. The first-order valence-corrected chi connectivity index (χ1v) is 16.6. The number of anilines is 1. The van der Waals surface area contributed by atoms with Crippen molar-refractivity contribution in [2.24, 2.45) is 11.8 Å². The molecule has 1 amide bonds. The number of nitrogens with zero attached hydrogens (tertiary/aromatic N) is 5. The molecule has 46 heavy (non-hydrogen) atoms. The number of carbonyl (C=O) groups is 1. The number of aliphatic hydroxyl groups is 1. The predicted octanol–water partition coefficient (Wildman–Crippen LogP) is 5.64. The van der Waals surface area contributed by atoms with E-state index in [9.17, 15) is 23.1 Å². The van der Waals surface area contributed by atoms with Crippen molar-refractivity contribution in [1.82, 2.24) is 24.8 Å². The van der Waals surface area contributed by atoms with E-state index in [-0.39, 0.29) is 23.4 Å². The second kappa shape index (κ2) is 11.0. The smallest absolute Gasteiger partial charge is 0.384 e. The van der Waals surface area contributed by atoms with E-state index in [1.54, 1.807) is 30.7 Å². The number of alkyl halides is 3. The number of carbonyl (C=O) groups excluding carboxylic acids is 1. The molecule has 3 unspecified atom stereocenters. The SMILES string of the molecule is O=C(C1CC2(Nc3cccc(C(F)(F)F)c3)CC1C2)N1CCC2C1CCN2C1CCC(O)(c2ccc(-c3ncccn3)cn2)CC1. The molecule has 4 aliphatic carbocycles. The summed E-state index contributed by atoms with van der Waals surface area (Å²) < 4.78 is 39.7. The van der Waals surface area contributed by atoms with Crippen LogP contribution in [0.5, 0.6) is 0 Å². The zero-order chi connectivity index (χ0) is 31.7. The van der Waals surface area contributed by atoms with Crippen LogP contribution in [-0.4, -0.2) is 72.5 Å². The molecule has 2 aromatic heterocycles.